The largest absolute Gasteiger partial charge is 0.353 e. The quantitative estimate of drug-likeness (QED) is 0.741. The van der Waals surface area contributed by atoms with E-state index in [-0.39, 0.29) is 18.3 Å². The third-order valence-electron chi connectivity index (χ3n) is 3.30. The van der Waals surface area contributed by atoms with E-state index < -0.39 is 0 Å². The predicted octanol–water partition coefficient (Wildman–Crippen LogP) is 0.354. The maximum atomic E-state index is 12.4. The van der Waals surface area contributed by atoms with Gasteiger partial charge in [0.2, 0.25) is 0 Å². The molecule has 0 aliphatic heterocycles. The van der Waals surface area contributed by atoms with E-state index in [1.54, 1.807) is 0 Å². The van der Waals surface area contributed by atoms with Gasteiger partial charge in [-0.2, -0.15) is 4.68 Å². The van der Waals surface area contributed by atoms with Crippen LogP contribution in [0.2, 0.25) is 0 Å². The van der Waals surface area contributed by atoms with Crippen LogP contribution in [0, 0.1) is 0 Å². The molecule has 7 heteroatoms. The molecule has 0 saturated heterocycles. The van der Waals surface area contributed by atoms with E-state index >= 15 is 0 Å². The zero-order valence-corrected chi connectivity index (χ0v) is 11.0. The van der Waals surface area contributed by atoms with Gasteiger partial charge in [-0.25, -0.2) is 14.2 Å². The molecule has 0 fully saturated rings. The lowest BCUT2D eigenvalue weighted by Crippen LogP contribution is -2.32. The number of hydrogen-bond donors (Lipinski definition) is 1. The second-order valence-corrected chi connectivity index (χ2v) is 4.49. The zero-order valence-electron chi connectivity index (χ0n) is 11.0. The molecule has 7 nitrogen and oxygen atoms in total. The average molecular weight is 270 g/mol. The molecule has 0 spiro atoms. The summed E-state index contributed by atoms with van der Waals surface area (Å²) >= 11 is 0. The summed E-state index contributed by atoms with van der Waals surface area (Å²) in [6, 6.07) is 9.46. The van der Waals surface area contributed by atoms with Crippen molar-refractivity contribution in [2.45, 2.75) is 19.5 Å². The van der Waals surface area contributed by atoms with Crippen LogP contribution in [0.15, 0.2) is 41.5 Å². The first-order chi connectivity index (χ1) is 9.72. The third kappa shape index (κ3) is 1.88. The second kappa shape index (κ2) is 4.86. The van der Waals surface area contributed by atoms with Crippen LogP contribution in [0.3, 0.4) is 0 Å². The topological polar surface area (TPSA) is 91.1 Å². The number of nitrogens with two attached hydrogens (primary N) is 1. The molecule has 0 saturated carbocycles. The summed E-state index contributed by atoms with van der Waals surface area (Å²) in [5.41, 5.74) is 7.23. The fourth-order valence-electron chi connectivity index (χ4n) is 2.12. The molecule has 2 aromatic heterocycles. The molecule has 2 N–H and O–H groups in total. The molecular formula is C13H14N6O. The maximum Gasteiger partial charge on any atom is 0.353 e. The molecule has 2 heterocycles. The molecule has 102 valence electrons. The summed E-state index contributed by atoms with van der Waals surface area (Å²) in [7, 11) is 0. The molecule has 3 rings (SSSR count). The Bertz CT molecular complexity index is 791. The lowest BCUT2D eigenvalue weighted by molar-refractivity contribution is 0.480. The summed E-state index contributed by atoms with van der Waals surface area (Å²) in [6.07, 6.45) is 1.43. The molecule has 3 aromatic rings. The van der Waals surface area contributed by atoms with E-state index in [0.717, 1.165) is 5.56 Å². The highest BCUT2D eigenvalue weighted by Crippen LogP contribution is 2.14. The Kier molecular flexibility index (Phi) is 3.03. The molecule has 1 aromatic carbocycles. The predicted molar refractivity (Wildman–Crippen MR) is 73.2 cm³/mol. The molecule has 0 aliphatic carbocycles. The van der Waals surface area contributed by atoms with E-state index in [0.29, 0.717) is 11.3 Å². The Labute approximate surface area is 114 Å². The molecule has 0 bridgehead atoms. The number of nitrogens with zero attached hydrogens (tertiary/aromatic N) is 5. The van der Waals surface area contributed by atoms with E-state index in [1.165, 1.54) is 15.4 Å². The lowest BCUT2D eigenvalue weighted by Gasteiger charge is -2.13. The fraction of sp³-hybridized carbons (Fsp3) is 0.231. The van der Waals surface area contributed by atoms with Crippen LogP contribution in [0.4, 0.5) is 0 Å². The second-order valence-electron chi connectivity index (χ2n) is 4.49. The normalized spacial score (nSPS) is 12.7. The Morgan fingerprint density at radius 3 is 2.75 bits per heavy atom. The van der Waals surface area contributed by atoms with Gasteiger partial charge in [0.25, 0.3) is 0 Å². The standard InChI is InChI=1S/C13H14N6O/c1-9(10-5-3-2-4-6-10)19-13(20)18-8-15-11(7-14)12(18)16-17-19/h2-6,8-9H,7,14H2,1H3/t9-/m1/s1. The third-order valence-corrected chi connectivity index (χ3v) is 3.30. The van der Waals surface area contributed by atoms with Crippen molar-refractivity contribution < 1.29 is 0 Å². The first-order valence-electron chi connectivity index (χ1n) is 6.29. The summed E-state index contributed by atoms with van der Waals surface area (Å²) in [5.74, 6) is 0. The summed E-state index contributed by atoms with van der Waals surface area (Å²) in [6.45, 7) is 2.13. The van der Waals surface area contributed by atoms with Crippen molar-refractivity contribution in [3.63, 3.8) is 0 Å². The molecule has 20 heavy (non-hydrogen) atoms. The van der Waals surface area contributed by atoms with Gasteiger partial charge in [0.15, 0.2) is 5.65 Å². The average Bonchev–Trinajstić information content (AvgIpc) is 2.92. The maximum absolute atomic E-state index is 12.4. The molecule has 0 aliphatic rings. The SMILES string of the molecule is C[C@H](c1ccccc1)n1nnc2c(CN)ncn2c1=O. The Morgan fingerprint density at radius 1 is 1.30 bits per heavy atom. The van der Waals surface area contributed by atoms with Crippen LogP contribution in [-0.2, 0) is 6.54 Å². The number of fused-ring (bicyclic) bond motifs is 1. The Morgan fingerprint density at radius 2 is 2.05 bits per heavy atom. The number of imidazole rings is 1. The van der Waals surface area contributed by atoms with E-state index in [4.69, 9.17) is 5.73 Å². The van der Waals surface area contributed by atoms with Crippen LogP contribution in [0.25, 0.3) is 5.65 Å². The zero-order chi connectivity index (χ0) is 14.1. The molecule has 0 unspecified atom stereocenters. The van der Waals surface area contributed by atoms with Gasteiger partial charge in [-0.05, 0) is 12.5 Å². The number of hydrogen-bond acceptors (Lipinski definition) is 5. The molecule has 0 amide bonds. The molecule has 0 radical (unpaired) electrons. The van der Waals surface area contributed by atoms with Gasteiger partial charge in [-0.15, -0.1) is 5.10 Å². The van der Waals surface area contributed by atoms with Crippen molar-refractivity contribution in [1.82, 2.24) is 24.4 Å². The summed E-state index contributed by atoms with van der Waals surface area (Å²) in [5, 5.41) is 8.05. The van der Waals surface area contributed by atoms with Crippen LogP contribution >= 0.6 is 0 Å². The van der Waals surface area contributed by atoms with Crippen molar-refractivity contribution in [3.05, 3.63) is 58.4 Å². The minimum atomic E-state index is -0.279. The van der Waals surface area contributed by atoms with Gasteiger partial charge in [-0.3, -0.25) is 0 Å². The van der Waals surface area contributed by atoms with E-state index in [2.05, 4.69) is 15.3 Å². The number of rotatable bonds is 3. The van der Waals surface area contributed by atoms with Gasteiger partial charge in [0.05, 0.1) is 6.04 Å². The van der Waals surface area contributed by atoms with E-state index in [9.17, 15) is 4.79 Å². The van der Waals surface area contributed by atoms with Crippen LogP contribution in [0.5, 0.6) is 0 Å². The van der Waals surface area contributed by atoms with Crippen molar-refractivity contribution in [1.29, 1.82) is 0 Å². The van der Waals surface area contributed by atoms with Gasteiger partial charge in [0, 0.05) is 6.54 Å². The first kappa shape index (κ1) is 12.5. The highest BCUT2D eigenvalue weighted by molar-refractivity contribution is 5.41. The van der Waals surface area contributed by atoms with Crippen molar-refractivity contribution >= 4 is 5.65 Å². The fourth-order valence-corrected chi connectivity index (χ4v) is 2.12. The van der Waals surface area contributed by atoms with Gasteiger partial charge >= 0.3 is 5.69 Å². The minimum absolute atomic E-state index is 0.204. The minimum Gasteiger partial charge on any atom is -0.325 e. The summed E-state index contributed by atoms with van der Waals surface area (Å²) in [4.78, 5) is 16.5. The van der Waals surface area contributed by atoms with Crippen molar-refractivity contribution in [2.75, 3.05) is 0 Å². The Balaban J connectivity index is 2.14. The van der Waals surface area contributed by atoms with Crippen molar-refractivity contribution in [2.24, 2.45) is 5.73 Å². The monoisotopic (exact) mass is 270 g/mol. The van der Waals surface area contributed by atoms with Crippen LogP contribution < -0.4 is 11.4 Å². The number of benzene rings is 1. The number of aromatic nitrogens is 5. The van der Waals surface area contributed by atoms with Gasteiger partial charge in [-0.1, -0.05) is 35.5 Å². The first-order valence-corrected chi connectivity index (χ1v) is 6.29. The summed E-state index contributed by atoms with van der Waals surface area (Å²) < 4.78 is 2.71. The molecular weight excluding hydrogens is 256 g/mol. The van der Waals surface area contributed by atoms with Crippen molar-refractivity contribution in [3.8, 4) is 0 Å². The van der Waals surface area contributed by atoms with Gasteiger partial charge in [0.1, 0.15) is 12.0 Å². The molecule has 1 atom stereocenters. The van der Waals surface area contributed by atoms with Gasteiger partial charge < -0.3 is 5.73 Å². The smallest absolute Gasteiger partial charge is 0.325 e. The Hall–Kier alpha value is -2.54. The highest BCUT2D eigenvalue weighted by atomic mass is 16.2. The lowest BCUT2D eigenvalue weighted by atomic mass is 10.1. The van der Waals surface area contributed by atoms with Crippen LogP contribution in [0.1, 0.15) is 24.2 Å². The highest BCUT2D eigenvalue weighted by Gasteiger charge is 2.15. The van der Waals surface area contributed by atoms with Crippen LogP contribution in [-0.4, -0.2) is 24.4 Å². The van der Waals surface area contributed by atoms with E-state index in [1.807, 2.05) is 37.3 Å².